The van der Waals surface area contributed by atoms with Gasteiger partial charge >= 0.3 is 0 Å². The van der Waals surface area contributed by atoms with E-state index >= 15 is 0 Å². The molecule has 0 aromatic carbocycles. The minimum absolute atomic E-state index is 0.816. The smallest absolute Gasteiger partial charge is 0.137 e. The van der Waals surface area contributed by atoms with Crippen molar-refractivity contribution in [3.05, 3.63) is 24.0 Å². The molecule has 1 rings (SSSR count). The maximum absolute atomic E-state index is 5.07. The highest BCUT2D eigenvalue weighted by atomic mass is 16.5. The Labute approximate surface area is 79.1 Å². The Hall–Kier alpha value is -1.09. The average Bonchev–Trinajstić information content (AvgIpc) is 2.19. The standard InChI is InChI=1S/C10H16N2O/c1-3-4-11-6-9-5-10(13-2)8-12-7-9/h5,7-8,11H,3-4,6H2,1-2H3. The lowest BCUT2D eigenvalue weighted by atomic mass is 10.3. The molecule has 0 unspecified atom stereocenters. The van der Waals surface area contributed by atoms with Gasteiger partial charge in [0.2, 0.25) is 0 Å². The summed E-state index contributed by atoms with van der Waals surface area (Å²) < 4.78 is 5.07. The number of aromatic nitrogens is 1. The molecule has 0 saturated carbocycles. The Balaban J connectivity index is 2.46. The van der Waals surface area contributed by atoms with Gasteiger partial charge in [-0.2, -0.15) is 0 Å². The van der Waals surface area contributed by atoms with Crippen molar-refractivity contribution in [2.75, 3.05) is 13.7 Å². The Morgan fingerprint density at radius 2 is 2.31 bits per heavy atom. The predicted octanol–water partition coefficient (Wildman–Crippen LogP) is 1.59. The van der Waals surface area contributed by atoms with E-state index in [0.29, 0.717) is 0 Å². The van der Waals surface area contributed by atoms with Crippen molar-refractivity contribution in [3.8, 4) is 5.75 Å². The molecule has 0 fully saturated rings. The van der Waals surface area contributed by atoms with Crippen LogP contribution in [0.3, 0.4) is 0 Å². The molecule has 0 spiro atoms. The van der Waals surface area contributed by atoms with Crippen LogP contribution < -0.4 is 10.1 Å². The summed E-state index contributed by atoms with van der Waals surface area (Å²) in [5.74, 6) is 0.816. The molecule has 1 N–H and O–H groups in total. The van der Waals surface area contributed by atoms with Crippen LogP contribution in [0.25, 0.3) is 0 Å². The molecule has 0 saturated heterocycles. The van der Waals surface area contributed by atoms with Crippen LogP contribution >= 0.6 is 0 Å². The van der Waals surface area contributed by atoms with Crippen LogP contribution in [0.15, 0.2) is 18.5 Å². The van der Waals surface area contributed by atoms with Gasteiger partial charge in [-0.25, -0.2) is 0 Å². The first-order valence-corrected chi connectivity index (χ1v) is 4.55. The molecular weight excluding hydrogens is 164 g/mol. The maximum atomic E-state index is 5.07. The summed E-state index contributed by atoms with van der Waals surface area (Å²) in [6.45, 7) is 4.05. The number of hydrogen-bond acceptors (Lipinski definition) is 3. The van der Waals surface area contributed by atoms with Gasteiger partial charge in [-0.05, 0) is 24.6 Å². The highest BCUT2D eigenvalue weighted by Gasteiger charge is 1.95. The Bertz CT molecular complexity index is 250. The van der Waals surface area contributed by atoms with E-state index in [1.807, 2.05) is 12.3 Å². The Morgan fingerprint density at radius 1 is 1.46 bits per heavy atom. The van der Waals surface area contributed by atoms with Gasteiger partial charge in [0, 0.05) is 12.7 Å². The molecule has 0 amide bonds. The number of ether oxygens (including phenoxy) is 1. The Morgan fingerprint density at radius 3 is 3.00 bits per heavy atom. The van der Waals surface area contributed by atoms with Gasteiger partial charge in [-0.1, -0.05) is 6.92 Å². The zero-order valence-corrected chi connectivity index (χ0v) is 8.21. The number of methoxy groups -OCH3 is 1. The molecule has 0 atom stereocenters. The molecule has 3 heteroatoms. The molecule has 0 aliphatic heterocycles. The van der Waals surface area contributed by atoms with Crippen molar-refractivity contribution in [1.29, 1.82) is 0 Å². The van der Waals surface area contributed by atoms with Crippen molar-refractivity contribution < 1.29 is 4.74 Å². The second kappa shape index (κ2) is 5.54. The molecular formula is C10H16N2O. The largest absolute Gasteiger partial charge is 0.495 e. The van der Waals surface area contributed by atoms with Crippen LogP contribution in [0.5, 0.6) is 5.75 Å². The van der Waals surface area contributed by atoms with Gasteiger partial charge in [0.25, 0.3) is 0 Å². The van der Waals surface area contributed by atoms with Crippen LogP contribution in [0.2, 0.25) is 0 Å². The highest BCUT2D eigenvalue weighted by Crippen LogP contribution is 2.09. The first kappa shape index (κ1) is 9.99. The third-order valence-corrected chi connectivity index (χ3v) is 1.76. The molecule has 72 valence electrons. The van der Waals surface area contributed by atoms with Crippen LogP contribution in [0.1, 0.15) is 18.9 Å². The van der Waals surface area contributed by atoms with Gasteiger partial charge < -0.3 is 10.1 Å². The lowest BCUT2D eigenvalue weighted by Crippen LogP contribution is -2.13. The van der Waals surface area contributed by atoms with Crippen LogP contribution in [0, 0.1) is 0 Å². The van der Waals surface area contributed by atoms with Crippen LogP contribution in [-0.4, -0.2) is 18.6 Å². The fourth-order valence-electron chi connectivity index (χ4n) is 1.08. The van der Waals surface area contributed by atoms with E-state index in [2.05, 4.69) is 17.2 Å². The summed E-state index contributed by atoms with van der Waals surface area (Å²) >= 11 is 0. The minimum Gasteiger partial charge on any atom is -0.495 e. The van der Waals surface area contributed by atoms with Gasteiger partial charge in [-0.3, -0.25) is 4.98 Å². The summed E-state index contributed by atoms with van der Waals surface area (Å²) in [5.41, 5.74) is 1.16. The third-order valence-electron chi connectivity index (χ3n) is 1.76. The number of pyridine rings is 1. The SMILES string of the molecule is CCCNCc1cncc(OC)c1. The van der Waals surface area contributed by atoms with Crippen LogP contribution in [0.4, 0.5) is 0 Å². The van der Waals surface area contributed by atoms with Gasteiger partial charge in [0.05, 0.1) is 13.3 Å². The molecule has 0 bridgehead atoms. The molecule has 0 aliphatic carbocycles. The van der Waals surface area contributed by atoms with E-state index in [1.54, 1.807) is 13.3 Å². The van der Waals surface area contributed by atoms with E-state index in [9.17, 15) is 0 Å². The zero-order valence-electron chi connectivity index (χ0n) is 8.21. The molecule has 0 aliphatic rings. The minimum atomic E-state index is 0.816. The van der Waals surface area contributed by atoms with Crippen molar-refractivity contribution in [1.82, 2.24) is 10.3 Å². The summed E-state index contributed by atoms with van der Waals surface area (Å²) in [4.78, 5) is 4.07. The summed E-state index contributed by atoms with van der Waals surface area (Å²) in [6.07, 6.45) is 4.71. The van der Waals surface area contributed by atoms with Crippen molar-refractivity contribution in [2.45, 2.75) is 19.9 Å². The fourth-order valence-corrected chi connectivity index (χ4v) is 1.08. The third kappa shape index (κ3) is 3.42. The predicted molar refractivity (Wildman–Crippen MR) is 52.8 cm³/mol. The van der Waals surface area contributed by atoms with Crippen molar-refractivity contribution in [2.24, 2.45) is 0 Å². The van der Waals surface area contributed by atoms with Crippen molar-refractivity contribution in [3.63, 3.8) is 0 Å². The zero-order chi connectivity index (χ0) is 9.52. The Kier molecular flexibility index (Phi) is 4.26. The lowest BCUT2D eigenvalue weighted by Gasteiger charge is -2.04. The number of hydrogen-bond donors (Lipinski definition) is 1. The number of nitrogens with zero attached hydrogens (tertiary/aromatic N) is 1. The van der Waals surface area contributed by atoms with E-state index in [0.717, 1.165) is 30.8 Å². The molecule has 1 aromatic heterocycles. The molecule has 1 aromatic rings. The van der Waals surface area contributed by atoms with Gasteiger partial charge in [-0.15, -0.1) is 0 Å². The average molecular weight is 180 g/mol. The quantitative estimate of drug-likeness (QED) is 0.699. The topological polar surface area (TPSA) is 34.2 Å². The van der Waals surface area contributed by atoms with Gasteiger partial charge in [0.1, 0.15) is 5.75 Å². The number of rotatable bonds is 5. The summed E-state index contributed by atoms with van der Waals surface area (Å²) in [7, 11) is 1.65. The van der Waals surface area contributed by atoms with E-state index in [1.165, 1.54) is 0 Å². The molecule has 1 heterocycles. The molecule has 3 nitrogen and oxygen atoms in total. The summed E-state index contributed by atoms with van der Waals surface area (Å²) in [6, 6.07) is 2.00. The molecule has 13 heavy (non-hydrogen) atoms. The lowest BCUT2D eigenvalue weighted by molar-refractivity contribution is 0.412. The van der Waals surface area contributed by atoms with E-state index in [4.69, 9.17) is 4.74 Å². The normalized spacial score (nSPS) is 10.0. The van der Waals surface area contributed by atoms with Crippen molar-refractivity contribution >= 4 is 0 Å². The second-order valence-corrected chi connectivity index (χ2v) is 2.91. The maximum Gasteiger partial charge on any atom is 0.137 e. The van der Waals surface area contributed by atoms with Crippen LogP contribution in [-0.2, 0) is 6.54 Å². The van der Waals surface area contributed by atoms with E-state index in [-0.39, 0.29) is 0 Å². The molecule has 0 radical (unpaired) electrons. The fraction of sp³-hybridized carbons (Fsp3) is 0.500. The first-order chi connectivity index (χ1) is 6.36. The second-order valence-electron chi connectivity index (χ2n) is 2.91. The highest BCUT2D eigenvalue weighted by molar-refractivity contribution is 5.23. The monoisotopic (exact) mass is 180 g/mol. The number of nitrogens with one attached hydrogen (secondary N) is 1. The summed E-state index contributed by atoms with van der Waals surface area (Å²) in [5, 5.41) is 3.31. The van der Waals surface area contributed by atoms with Gasteiger partial charge in [0.15, 0.2) is 0 Å². The van der Waals surface area contributed by atoms with E-state index < -0.39 is 0 Å². The first-order valence-electron chi connectivity index (χ1n) is 4.55.